The van der Waals surface area contributed by atoms with Crippen LogP contribution in [0.1, 0.15) is 105 Å². The number of hydrogen-bond acceptors (Lipinski definition) is 16. The number of ether oxygens (including phenoxy) is 2. The molecular formula is C51H56N10O9. The molecule has 13 N–H and O–H groups in total. The zero-order valence-corrected chi connectivity index (χ0v) is 39.7. The molecule has 0 bridgehead atoms. The minimum absolute atomic E-state index is 0.0972. The van der Waals surface area contributed by atoms with Crippen LogP contribution in [0.5, 0.6) is 0 Å². The summed E-state index contributed by atoms with van der Waals surface area (Å²) in [7, 11) is 2.52. The standard InChI is InChI=1S/C18H21N3O2.C17H17N3O3.C9H11N3O2.C7H7NO2/c1-5-12-9-16(13(10-14(12)19)18(3,4)23)21-17(22)15-8-6-7-11(2)20-15;1-4-11-8-15(12(9-13(11)18)17(22)23-3)20-16(21)14-7-5-6-10(2)19-14;1-14-9(13)6-3-7(11)5(4-10)2-8(6)12;1-5-3-2-4-6(8-5)7(9)10/h5-10,23H,1,19H2,2-4H3,(H,21,22);4-9H,1,18H2,2-3H3,(H,20,21);2-4,10H,11-12H2,1H3;2-4H,1H3,(H,9,10). The summed E-state index contributed by atoms with van der Waals surface area (Å²) in [6, 6.07) is 24.5. The van der Waals surface area contributed by atoms with Crippen molar-refractivity contribution in [3.05, 3.63) is 172 Å². The van der Waals surface area contributed by atoms with Gasteiger partial charge in [-0.2, -0.15) is 0 Å². The zero-order chi connectivity index (χ0) is 52.5. The average molecular weight is 953 g/mol. The summed E-state index contributed by atoms with van der Waals surface area (Å²) in [5.74, 6) is -2.90. The minimum atomic E-state index is -1.16. The number of aryl methyl sites for hydroxylation is 3. The summed E-state index contributed by atoms with van der Waals surface area (Å²) in [6.45, 7) is 16.0. The van der Waals surface area contributed by atoms with Crippen molar-refractivity contribution in [3.8, 4) is 0 Å². The third-order valence-corrected chi connectivity index (χ3v) is 9.61. The first-order valence-corrected chi connectivity index (χ1v) is 20.9. The normalized spacial score (nSPS) is 10.2. The van der Waals surface area contributed by atoms with Crippen LogP contribution in [-0.4, -0.2) is 75.3 Å². The van der Waals surface area contributed by atoms with E-state index in [1.807, 2.05) is 13.0 Å². The monoisotopic (exact) mass is 952 g/mol. The van der Waals surface area contributed by atoms with E-state index in [1.54, 1.807) is 94.4 Å². The lowest BCUT2D eigenvalue weighted by Crippen LogP contribution is -2.22. The first-order chi connectivity index (χ1) is 33.0. The van der Waals surface area contributed by atoms with Gasteiger partial charge in [0.1, 0.15) is 17.1 Å². The number of methoxy groups -OCH3 is 2. The average Bonchev–Trinajstić information content (AvgIpc) is 3.32. The highest BCUT2D eigenvalue weighted by Gasteiger charge is 2.23. The number of pyridine rings is 3. The molecule has 0 radical (unpaired) electrons. The smallest absolute Gasteiger partial charge is 0.354 e. The summed E-state index contributed by atoms with van der Waals surface area (Å²) in [5.41, 5.74) is 29.5. The Labute approximate surface area is 404 Å². The molecule has 0 saturated heterocycles. The molecule has 3 aromatic heterocycles. The fourth-order valence-corrected chi connectivity index (χ4v) is 6.05. The Balaban J connectivity index is 0.000000259. The number of aliphatic hydroxyl groups is 1. The van der Waals surface area contributed by atoms with Crippen LogP contribution in [0.3, 0.4) is 0 Å². The molecule has 3 aromatic carbocycles. The lowest BCUT2D eigenvalue weighted by Gasteiger charge is -2.23. The zero-order valence-electron chi connectivity index (χ0n) is 39.7. The summed E-state index contributed by atoms with van der Waals surface area (Å²) in [5, 5.41) is 31.3. The molecule has 364 valence electrons. The van der Waals surface area contributed by atoms with Gasteiger partial charge in [-0.3, -0.25) is 9.59 Å². The number of amides is 2. The maximum Gasteiger partial charge on any atom is 0.354 e. The number of aromatic nitrogens is 3. The molecule has 3 heterocycles. The number of aromatic carboxylic acids is 1. The number of carbonyl (C=O) groups is 5. The molecule has 6 rings (SSSR count). The van der Waals surface area contributed by atoms with Crippen molar-refractivity contribution in [3.63, 3.8) is 0 Å². The predicted molar refractivity (Wildman–Crippen MR) is 273 cm³/mol. The van der Waals surface area contributed by atoms with Gasteiger partial charge < -0.3 is 58.7 Å². The SMILES string of the molecule is C=Cc1cc(NC(=O)c2cccc(C)n2)c(C(=O)OC)cc1N.C=Cc1cc(NC(=O)c2cccc(C)n2)c(C(C)(C)O)cc1N.COC(=O)c1cc(N)c(C=N)cc1N.Cc1cccc(C(=O)O)n1. The number of nitrogen functional groups attached to an aromatic ring is 4. The van der Waals surface area contributed by atoms with Gasteiger partial charge in [0.15, 0.2) is 0 Å². The second-order valence-corrected chi connectivity index (χ2v) is 15.4. The van der Waals surface area contributed by atoms with Crippen molar-refractivity contribution in [2.75, 3.05) is 47.8 Å². The Bertz CT molecular complexity index is 2950. The van der Waals surface area contributed by atoms with E-state index in [1.165, 1.54) is 44.6 Å². The van der Waals surface area contributed by atoms with Crippen molar-refractivity contribution >= 4 is 82.2 Å². The Kier molecular flexibility index (Phi) is 19.7. The fraction of sp³-hybridized carbons (Fsp3) is 0.157. The molecule has 0 fully saturated rings. The molecule has 6 aromatic rings. The van der Waals surface area contributed by atoms with Gasteiger partial charge in [0.25, 0.3) is 11.8 Å². The van der Waals surface area contributed by atoms with E-state index in [-0.39, 0.29) is 39.8 Å². The molecule has 70 heavy (non-hydrogen) atoms. The lowest BCUT2D eigenvalue weighted by atomic mass is 9.93. The van der Waals surface area contributed by atoms with Gasteiger partial charge in [-0.1, -0.05) is 43.5 Å². The lowest BCUT2D eigenvalue weighted by molar-refractivity contribution is 0.0593. The first-order valence-electron chi connectivity index (χ1n) is 20.9. The van der Waals surface area contributed by atoms with Crippen LogP contribution >= 0.6 is 0 Å². The molecular weight excluding hydrogens is 897 g/mol. The highest BCUT2D eigenvalue weighted by molar-refractivity contribution is 6.08. The second-order valence-electron chi connectivity index (χ2n) is 15.4. The molecule has 0 spiro atoms. The number of carbonyl (C=O) groups excluding carboxylic acids is 4. The van der Waals surface area contributed by atoms with Crippen molar-refractivity contribution in [1.29, 1.82) is 5.41 Å². The van der Waals surface area contributed by atoms with Gasteiger partial charge in [0, 0.05) is 62.9 Å². The van der Waals surface area contributed by atoms with E-state index >= 15 is 0 Å². The number of nitrogens with zero attached hydrogens (tertiary/aromatic N) is 3. The number of hydrogen-bond donors (Lipinski definition) is 9. The highest BCUT2D eigenvalue weighted by atomic mass is 16.5. The van der Waals surface area contributed by atoms with Crippen LogP contribution in [0.15, 0.2) is 104 Å². The fourth-order valence-electron chi connectivity index (χ4n) is 6.05. The van der Waals surface area contributed by atoms with E-state index in [4.69, 9.17) is 38.2 Å². The van der Waals surface area contributed by atoms with E-state index in [2.05, 4.69) is 43.5 Å². The minimum Gasteiger partial charge on any atom is -0.477 e. The van der Waals surface area contributed by atoms with E-state index in [9.17, 15) is 29.1 Å². The van der Waals surface area contributed by atoms with Crippen molar-refractivity contribution in [2.24, 2.45) is 0 Å². The molecule has 0 aliphatic rings. The molecule has 0 atom stereocenters. The summed E-state index contributed by atoms with van der Waals surface area (Å²) in [6.07, 6.45) is 4.22. The molecule has 0 aliphatic carbocycles. The van der Waals surface area contributed by atoms with Crippen molar-refractivity contribution < 1.29 is 43.7 Å². The van der Waals surface area contributed by atoms with Gasteiger partial charge >= 0.3 is 17.9 Å². The second kappa shape index (κ2) is 25.1. The van der Waals surface area contributed by atoms with Crippen molar-refractivity contribution in [1.82, 2.24) is 15.0 Å². The van der Waals surface area contributed by atoms with Gasteiger partial charge in [-0.05, 0) is 119 Å². The van der Waals surface area contributed by atoms with E-state index in [0.717, 1.165) is 23.3 Å². The number of esters is 2. The van der Waals surface area contributed by atoms with Crippen LogP contribution < -0.4 is 33.6 Å². The molecule has 0 saturated carbocycles. The van der Waals surface area contributed by atoms with Crippen LogP contribution in [0.25, 0.3) is 12.2 Å². The third kappa shape index (κ3) is 15.4. The third-order valence-electron chi connectivity index (χ3n) is 9.61. The van der Waals surface area contributed by atoms with Gasteiger partial charge in [-0.15, -0.1) is 0 Å². The van der Waals surface area contributed by atoms with E-state index in [0.29, 0.717) is 50.7 Å². The summed E-state index contributed by atoms with van der Waals surface area (Å²) in [4.78, 5) is 70.2. The van der Waals surface area contributed by atoms with Crippen LogP contribution in [-0.2, 0) is 15.1 Å². The van der Waals surface area contributed by atoms with Crippen LogP contribution in [0, 0.1) is 26.2 Å². The Morgan fingerprint density at radius 1 is 0.600 bits per heavy atom. The van der Waals surface area contributed by atoms with Crippen LogP contribution in [0.2, 0.25) is 0 Å². The largest absolute Gasteiger partial charge is 0.477 e. The first kappa shape index (κ1) is 55.1. The number of carboxylic acid groups (broad SMARTS) is 1. The molecule has 0 unspecified atom stereocenters. The topological polar surface area (TPSA) is 335 Å². The van der Waals surface area contributed by atoms with Gasteiger partial charge in [-0.25, -0.2) is 29.3 Å². The molecule has 19 nitrogen and oxygen atoms in total. The van der Waals surface area contributed by atoms with Gasteiger partial charge in [0.05, 0.1) is 36.6 Å². The predicted octanol–water partition coefficient (Wildman–Crippen LogP) is 7.47. The molecule has 19 heteroatoms. The highest BCUT2D eigenvalue weighted by Crippen LogP contribution is 2.33. The molecule has 0 aliphatic heterocycles. The summed E-state index contributed by atoms with van der Waals surface area (Å²) >= 11 is 0. The number of nitrogens with one attached hydrogen (secondary N) is 3. The van der Waals surface area contributed by atoms with Crippen LogP contribution in [0.4, 0.5) is 34.1 Å². The number of rotatable bonds is 11. The maximum absolute atomic E-state index is 12.4. The van der Waals surface area contributed by atoms with E-state index < -0.39 is 29.4 Å². The Morgan fingerprint density at radius 3 is 1.41 bits per heavy atom. The van der Waals surface area contributed by atoms with Gasteiger partial charge in [0.2, 0.25) is 0 Å². The van der Waals surface area contributed by atoms with Crippen molar-refractivity contribution in [2.45, 2.75) is 40.2 Å². The molecule has 2 amide bonds. The maximum atomic E-state index is 12.4. The quantitative estimate of drug-likeness (QED) is 0.0345. The number of anilines is 6. The Morgan fingerprint density at radius 2 is 1.00 bits per heavy atom. The Hall–Kier alpha value is -9.23. The number of carboxylic acids is 1. The number of nitrogens with two attached hydrogens (primary N) is 4. The summed E-state index contributed by atoms with van der Waals surface area (Å²) < 4.78 is 9.24. The number of benzene rings is 3.